The maximum absolute atomic E-state index is 13.1. The third-order valence-electron chi connectivity index (χ3n) is 5.06. The molecule has 0 atom stereocenters. The van der Waals surface area contributed by atoms with Gasteiger partial charge < -0.3 is 9.64 Å². The lowest BCUT2D eigenvalue weighted by atomic mass is 10.1. The SMILES string of the molecule is COc1ccc(CN2CCCN(C(=O)c3sc(CC(C)C)nc3C)CC2)cc1. The molecule has 28 heavy (non-hydrogen) atoms. The molecule has 0 unspecified atom stereocenters. The van der Waals surface area contributed by atoms with E-state index >= 15 is 0 Å². The molecule has 1 aromatic heterocycles. The molecule has 3 rings (SSSR count). The summed E-state index contributed by atoms with van der Waals surface area (Å²) in [7, 11) is 1.69. The van der Waals surface area contributed by atoms with Crippen molar-refractivity contribution < 1.29 is 9.53 Å². The number of aromatic nitrogens is 1. The number of nitrogens with zero attached hydrogens (tertiary/aromatic N) is 3. The number of aryl methyl sites for hydroxylation is 1. The highest BCUT2D eigenvalue weighted by Gasteiger charge is 2.24. The van der Waals surface area contributed by atoms with Crippen LogP contribution in [0.5, 0.6) is 5.75 Å². The molecular weight excluding hydrogens is 370 g/mol. The number of rotatable bonds is 6. The lowest BCUT2D eigenvalue weighted by molar-refractivity contribution is 0.0765. The third-order valence-corrected chi connectivity index (χ3v) is 6.23. The molecule has 2 aromatic rings. The number of ether oxygens (including phenoxy) is 1. The summed E-state index contributed by atoms with van der Waals surface area (Å²) in [4.78, 5) is 23.0. The van der Waals surface area contributed by atoms with Gasteiger partial charge in [0.05, 0.1) is 17.8 Å². The lowest BCUT2D eigenvalue weighted by Gasteiger charge is -2.22. The summed E-state index contributed by atoms with van der Waals surface area (Å²) in [5.41, 5.74) is 2.15. The molecule has 2 heterocycles. The Kier molecular flexibility index (Phi) is 7.08. The second kappa shape index (κ2) is 9.52. The summed E-state index contributed by atoms with van der Waals surface area (Å²) in [6.07, 6.45) is 1.94. The topological polar surface area (TPSA) is 45.7 Å². The molecule has 0 spiro atoms. The summed E-state index contributed by atoms with van der Waals surface area (Å²) in [5.74, 6) is 1.59. The van der Waals surface area contributed by atoms with Gasteiger partial charge in [0.15, 0.2) is 0 Å². The normalized spacial score (nSPS) is 15.7. The number of benzene rings is 1. The average Bonchev–Trinajstić information content (AvgIpc) is 2.88. The third kappa shape index (κ3) is 5.32. The Morgan fingerprint density at radius 2 is 1.93 bits per heavy atom. The van der Waals surface area contributed by atoms with Crippen molar-refractivity contribution >= 4 is 17.2 Å². The largest absolute Gasteiger partial charge is 0.497 e. The van der Waals surface area contributed by atoms with E-state index in [0.717, 1.165) is 66.9 Å². The van der Waals surface area contributed by atoms with Crippen LogP contribution in [-0.2, 0) is 13.0 Å². The van der Waals surface area contributed by atoms with Crippen LogP contribution in [0, 0.1) is 12.8 Å². The molecule has 0 bridgehead atoms. The molecule has 0 N–H and O–H groups in total. The Labute approximate surface area is 172 Å². The summed E-state index contributed by atoms with van der Waals surface area (Å²) in [5, 5.41) is 1.08. The Balaban J connectivity index is 1.59. The van der Waals surface area contributed by atoms with Crippen molar-refractivity contribution in [2.45, 2.75) is 40.2 Å². The fraction of sp³-hybridized carbons (Fsp3) is 0.545. The Morgan fingerprint density at radius 3 is 2.61 bits per heavy atom. The van der Waals surface area contributed by atoms with Crippen LogP contribution in [0.1, 0.15) is 46.2 Å². The van der Waals surface area contributed by atoms with Gasteiger partial charge in [0, 0.05) is 39.1 Å². The first kappa shape index (κ1) is 20.8. The Morgan fingerprint density at radius 1 is 1.18 bits per heavy atom. The molecule has 0 radical (unpaired) electrons. The van der Waals surface area contributed by atoms with Gasteiger partial charge >= 0.3 is 0 Å². The minimum Gasteiger partial charge on any atom is -0.497 e. The minimum absolute atomic E-state index is 0.149. The molecular formula is C22H31N3O2S. The van der Waals surface area contributed by atoms with E-state index in [4.69, 9.17) is 4.74 Å². The van der Waals surface area contributed by atoms with E-state index in [1.165, 1.54) is 5.56 Å². The van der Waals surface area contributed by atoms with Crippen LogP contribution in [0.15, 0.2) is 24.3 Å². The fourth-order valence-corrected chi connectivity index (χ4v) is 4.80. The number of carbonyl (C=O) groups excluding carboxylic acids is 1. The summed E-state index contributed by atoms with van der Waals surface area (Å²) in [6.45, 7) is 10.7. The summed E-state index contributed by atoms with van der Waals surface area (Å²) >= 11 is 1.58. The van der Waals surface area contributed by atoms with Crippen molar-refractivity contribution in [3.05, 3.63) is 45.4 Å². The van der Waals surface area contributed by atoms with Crippen LogP contribution in [0.2, 0.25) is 0 Å². The summed E-state index contributed by atoms with van der Waals surface area (Å²) < 4.78 is 5.23. The van der Waals surface area contributed by atoms with E-state index in [-0.39, 0.29) is 5.91 Å². The first-order chi connectivity index (χ1) is 13.5. The number of methoxy groups -OCH3 is 1. The number of hydrogen-bond acceptors (Lipinski definition) is 5. The molecule has 0 saturated carbocycles. The summed E-state index contributed by atoms with van der Waals surface area (Å²) in [6, 6.07) is 8.24. The molecule has 152 valence electrons. The average molecular weight is 402 g/mol. The van der Waals surface area contributed by atoms with Crippen LogP contribution in [-0.4, -0.2) is 54.0 Å². The predicted molar refractivity (Wildman–Crippen MR) is 114 cm³/mol. The monoisotopic (exact) mass is 401 g/mol. The van der Waals surface area contributed by atoms with Gasteiger partial charge in [0.1, 0.15) is 10.6 Å². The van der Waals surface area contributed by atoms with Crippen molar-refractivity contribution in [1.29, 1.82) is 0 Å². The van der Waals surface area contributed by atoms with Gasteiger partial charge in [-0.2, -0.15) is 0 Å². The van der Waals surface area contributed by atoms with E-state index in [1.54, 1.807) is 18.4 Å². The van der Waals surface area contributed by atoms with Crippen LogP contribution in [0.3, 0.4) is 0 Å². The van der Waals surface area contributed by atoms with Gasteiger partial charge in [-0.05, 0) is 37.0 Å². The molecule has 1 aliphatic heterocycles. The van der Waals surface area contributed by atoms with Crippen molar-refractivity contribution in [3.63, 3.8) is 0 Å². The predicted octanol–water partition coefficient (Wildman–Crippen LogP) is 4.01. The highest BCUT2D eigenvalue weighted by atomic mass is 32.1. The minimum atomic E-state index is 0.149. The zero-order valence-corrected chi connectivity index (χ0v) is 18.2. The van der Waals surface area contributed by atoms with Gasteiger partial charge in [-0.25, -0.2) is 4.98 Å². The van der Waals surface area contributed by atoms with E-state index in [0.29, 0.717) is 5.92 Å². The van der Waals surface area contributed by atoms with Gasteiger partial charge in [-0.3, -0.25) is 9.69 Å². The van der Waals surface area contributed by atoms with Crippen LogP contribution in [0.25, 0.3) is 0 Å². The number of hydrogen-bond donors (Lipinski definition) is 0. The zero-order chi connectivity index (χ0) is 20.1. The maximum atomic E-state index is 13.1. The van der Waals surface area contributed by atoms with Crippen molar-refractivity contribution in [2.24, 2.45) is 5.92 Å². The zero-order valence-electron chi connectivity index (χ0n) is 17.4. The van der Waals surface area contributed by atoms with Crippen LogP contribution >= 0.6 is 11.3 Å². The quantitative estimate of drug-likeness (QED) is 0.734. The molecule has 1 amide bonds. The molecule has 1 aromatic carbocycles. The molecule has 1 aliphatic rings. The van der Waals surface area contributed by atoms with Crippen LogP contribution in [0.4, 0.5) is 0 Å². The molecule has 6 heteroatoms. The van der Waals surface area contributed by atoms with E-state index in [2.05, 4.69) is 35.9 Å². The van der Waals surface area contributed by atoms with Gasteiger partial charge in [-0.1, -0.05) is 26.0 Å². The van der Waals surface area contributed by atoms with Gasteiger partial charge in [0.2, 0.25) is 0 Å². The molecule has 0 aliphatic carbocycles. The van der Waals surface area contributed by atoms with E-state index in [9.17, 15) is 4.79 Å². The lowest BCUT2D eigenvalue weighted by Crippen LogP contribution is -2.35. The number of carbonyl (C=O) groups is 1. The Bertz CT molecular complexity index is 786. The second-order valence-corrected chi connectivity index (χ2v) is 8.97. The Hall–Kier alpha value is -1.92. The van der Waals surface area contributed by atoms with Gasteiger partial charge in [-0.15, -0.1) is 11.3 Å². The fourth-order valence-electron chi connectivity index (χ4n) is 3.55. The van der Waals surface area contributed by atoms with Gasteiger partial charge in [0.25, 0.3) is 5.91 Å². The smallest absolute Gasteiger partial charge is 0.265 e. The molecule has 5 nitrogen and oxygen atoms in total. The first-order valence-corrected chi connectivity index (χ1v) is 10.9. The van der Waals surface area contributed by atoms with Crippen molar-refractivity contribution in [3.8, 4) is 5.75 Å². The number of amides is 1. The van der Waals surface area contributed by atoms with Crippen molar-refractivity contribution in [1.82, 2.24) is 14.8 Å². The number of thiazole rings is 1. The highest BCUT2D eigenvalue weighted by molar-refractivity contribution is 7.13. The molecule has 1 saturated heterocycles. The first-order valence-electron chi connectivity index (χ1n) is 10.1. The standard InChI is InChI=1S/C22H31N3O2S/c1-16(2)14-20-23-17(3)21(28-20)22(26)25-11-5-10-24(12-13-25)15-18-6-8-19(27-4)9-7-18/h6-9,16H,5,10-15H2,1-4H3. The maximum Gasteiger partial charge on any atom is 0.265 e. The molecule has 1 fully saturated rings. The van der Waals surface area contributed by atoms with Crippen LogP contribution < -0.4 is 4.74 Å². The van der Waals surface area contributed by atoms with E-state index < -0.39 is 0 Å². The second-order valence-electron chi connectivity index (χ2n) is 7.89. The highest BCUT2D eigenvalue weighted by Crippen LogP contribution is 2.23. The van der Waals surface area contributed by atoms with Crippen molar-refractivity contribution in [2.75, 3.05) is 33.3 Å². The van der Waals surface area contributed by atoms with E-state index in [1.807, 2.05) is 24.0 Å².